The second-order valence-electron chi connectivity index (χ2n) is 4.99. The van der Waals surface area contributed by atoms with E-state index in [1.165, 1.54) is 17.8 Å². The van der Waals surface area contributed by atoms with Gasteiger partial charge < -0.3 is 4.42 Å². The molecule has 8 heteroatoms. The van der Waals surface area contributed by atoms with E-state index < -0.39 is 0 Å². The highest BCUT2D eigenvalue weighted by Crippen LogP contribution is 2.29. The number of benzene rings is 2. The number of aromatic nitrogens is 2. The molecule has 6 nitrogen and oxygen atoms in total. The van der Waals surface area contributed by atoms with Crippen molar-refractivity contribution in [2.45, 2.75) is 17.9 Å². The van der Waals surface area contributed by atoms with Crippen LogP contribution in [-0.2, 0) is 5.75 Å². The van der Waals surface area contributed by atoms with Crippen LogP contribution in [-0.4, -0.2) is 15.1 Å². The van der Waals surface area contributed by atoms with Crippen LogP contribution in [0.1, 0.15) is 11.1 Å². The monoisotopic (exact) mass is 405 g/mol. The van der Waals surface area contributed by atoms with Gasteiger partial charge in [-0.25, -0.2) is 0 Å². The van der Waals surface area contributed by atoms with E-state index >= 15 is 0 Å². The quantitative estimate of drug-likeness (QED) is 0.337. The SMILES string of the molecule is Cc1c(CSc2nnc(-c3ccc(Br)cc3)o2)cccc1[N+](=O)[O-]. The molecule has 0 amide bonds. The molecular formula is C16H12BrN3O3S. The number of nitro benzene ring substituents is 1. The Labute approximate surface area is 150 Å². The highest BCUT2D eigenvalue weighted by molar-refractivity contribution is 9.10. The van der Waals surface area contributed by atoms with Gasteiger partial charge in [-0.1, -0.05) is 39.8 Å². The van der Waals surface area contributed by atoms with Gasteiger partial charge in [-0.2, -0.15) is 0 Å². The molecule has 0 atom stereocenters. The number of hydrogen-bond acceptors (Lipinski definition) is 6. The highest BCUT2D eigenvalue weighted by Gasteiger charge is 2.15. The topological polar surface area (TPSA) is 82.1 Å². The first-order valence-electron chi connectivity index (χ1n) is 6.99. The summed E-state index contributed by atoms with van der Waals surface area (Å²) < 4.78 is 6.61. The van der Waals surface area contributed by atoms with Crippen LogP contribution in [0.25, 0.3) is 11.5 Å². The lowest BCUT2D eigenvalue weighted by Gasteiger charge is -2.04. The highest BCUT2D eigenvalue weighted by atomic mass is 79.9. The zero-order valence-corrected chi connectivity index (χ0v) is 15.0. The summed E-state index contributed by atoms with van der Waals surface area (Å²) in [7, 11) is 0. The molecule has 0 fully saturated rings. The standard InChI is InChI=1S/C16H12BrN3O3S/c1-10-12(3-2-4-14(10)20(21)22)9-24-16-19-18-15(23-16)11-5-7-13(17)8-6-11/h2-8H,9H2,1H3. The Balaban J connectivity index is 1.73. The van der Waals surface area contributed by atoms with E-state index in [4.69, 9.17) is 4.42 Å². The van der Waals surface area contributed by atoms with E-state index in [1.807, 2.05) is 30.3 Å². The summed E-state index contributed by atoms with van der Waals surface area (Å²) in [5, 5.41) is 19.5. The van der Waals surface area contributed by atoms with E-state index in [-0.39, 0.29) is 10.6 Å². The predicted molar refractivity (Wildman–Crippen MR) is 94.8 cm³/mol. The van der Waals surface area contributed by atoms with Crippen molar-refractivity contribution in [3.8, 4) is 11.5 Å². The molecule has 0 unspecified atom stereocenters. The van der Waals surface area contributed by atoms with E-state index in [1.54, 1.807) is 13.0 Å². The molecule has 0 aliphatic carbocycles. The first kappa shape index (κ1) is 16.7. The molecule has 24 heavy (non-hydrogen) atoms. The van der Waals surface area contributed by atoms with Crippen molar-refractivity contribution >= 4 is 33.4 Å². The maximum atomic E-state index is 11.0. The van der Waals surface area contributed by atoms with Crippen molar-refractivity contribution in [3.05, 3.63) is 68.2 Å². The van der Waals surface area contributed by atoms with E-state index in [0.717, 1.165) is 15.6 Å². The summed E-state index contributed by atoms with van der Waals surface area (Å²) in [5.41, 5.74) is 2.48. The maximum Gasteiger partial charge on any atom is 0.277 e. The Morgan fingerprint density at radius 2 is 1.96 bits per heavy atom. The van der Waals surface area contributed by atoms with Crippen LogP contribution in [0.2, 0.25) is 0 Å². The molecule has 0 bridgehead atoms. The van der Waals surface area contributed by atoms with Crippen LogP contribution in [0.15, 0.2) is 56.6 Å². The Morgan fingerprint density at radius 3 is 2.67 bits per heavy atom. The molecule has 0 spiro atoms. The van der Waals surface area contributed by atoms with Crippen LogP contribution in [0.3, 0.4) is 0 Å². The summed E-state index contributed by atoms with van der Waals surface area (Å²) in [6.45, 7) is 1.75. The van der Waals surface area contributed by atoms with Gasteiger partial charge in [0.2, 0.25) is 5.89 Å². The molecule has 0 aliphatic heterocycles. The molecule has 3 rings (SSSR count). The first-order valence-corrected chi connectivity index (χ1v) is 8.77. The summed E-state index contributed by atoms with van der Waals surface area (Å²) in [6.07, 6.45) is 0. The number of nitro groups is 1. The average Bonchev–Trinajstić information content (AvgIpc) is 3.03. The predicted octanol–water partition coefficient (Wildman–Crippen LogP) is 5.01. The lowest BCUT2D eigenvalue weighted by Crippen LogP contribution is -1.95. The molecule has 0 aliphatic rings. The van der Waals surface area contributed by atoms with Gasteiger partial charge in [-0.3, -0.25) is 10.1 Å². The molecule has 2 aromatic carbocycles. The van der Waals surface area contributed by atoms with Gasteiger partial charge in [0.15, 0.2) is 0 Å². The van der Waals surface area contributed by atoms with Crippen LogP contribution in [0.5, 0.6) is 0 Å². The minimum Gasteiger partial charge on any atom is -0.411 e. The minimum atomic E-state index is -0.373. The zero-order chi connectivity index (χ0) is 17.1. The van der Waals surface area contributed by atoms with Gasteiger partial charge >= 0.3 is 0 Å². The summed E-state index contributed by atoms with van der Waals surface area (Å²) in [6, 6.07) is 12.6. The molecule has 3 aromatic rings. The van der Waals surface area contributed by atoms with Crippen molar-refractivity contribution in [2.24, 2.45) is 0 Å². The normalized spacial score (nSPS) is 10.8. The third-order valence-corrected chi connectivity index (χ3v) is 4.86. The van der Waals surface area contributed by atoms with E-state index in [2.05, 4.69) is 26.1 Å². The van der Waals surface area contributed by atoms with Gasteiger partial charge in [-0.05, 0) is 36.8 Å². The van der Waals surface area contributed by atoms with E-state index in [9.17, 15) is 10.1 Å². The lowest BCUT2D eigenvalue weighted by molar-refractivity contribution is -0.385. The minimum absolute atomic E-state index is 0.120. The Bertz CT molecular complexity index is 881. The van der Waals surface area contributed by atoms with Crippen LogP contribution in [0, 0.1) is 17.0 Å². The lowest BCUT2D eigenvalue weighted by atomic mass is 10.1. The van der Waals surface area contributed by atoms with Crippen LogP contribution >= 0.6 is 27.7 Å². The van der Waals surface area contributed by atoms with Crippen molar-refractivity contribution in [1.82, 2.24) is 10.2 Å². The van der Waals surface area contributed by atoms with Gasteiger partial charge in [0.25, 0.3) is 10.9 Å². The molecule has 1 aromatic heterocycles. The molecule has 0 radical (unpaired) electrons. The Hall–Kier alpha value is -2.19. The first-order chi connectivity index (χ1) is 11.5. The maximum absolute atomic E-state index is 11.0. The van der Waals surface area contributed by atoms with Gasteiger partial charge in [0.1, 0.15) is 0 Å². The molecule has 0 N–H and O–H groups in total. The number of halogens is 1. The van der Waals surface area contributed by atoms with Gasteiger partial charge in [0, 0.05) is 27.4 Å². The van der Waals surface area contributed by atoms with Crippen LogP contribution < -0.4 is 0 Å². The number of thioether (sulfide) groups is 1. The van der Waals surface area contributed by atoms with Crippen molar-refractivity contribution < 1.29 is 9.34 Å². The van der Waals surface area contributed by atoms with Gasteiger partial charge in [0.05, 0.1) is 4.92 Å². The number of nitrogens with zero attached hydrogens (tertiary/aromatic N) is 3. The third-order valence-electron chi connectivity index (χ3n) is 3.46. The molecule has 0 saturated heterocycles. The number of rotatable bonds is 5. The molecule has 122 valence electrons. The van der Waals surface area contributed by atoms with Crippen molar-refractivity contribution in [2.75, 3.05) is 0 Å². The summed E-state index contributed by atoms with van der Waals surface area (Å²) in [4.78, 5) is 10.6. The van der Waals surface area contributed by atoms with Crippen molar-refractivity contribution in [1.29, 1.82) is 0 Å². The third kappa shape index (κ3) is 3.65. The zero-order valence-electron chi connectivity index (χ0n) is 12.6. The summed E-state index contributed by atoms with van der Waals surface area (Å²) in [5.74, 6) is 0.968. The Morgan fingerprint density at radius 1 is 1.21 bits per heavy atom. The smallest absolute Gasteiger partial charge is 0.277 e. The second-order valence-corrected chi connectivity index (χ2v) is 6.83. The largest absolute Gasteiger partial charge is 0.411 e. The fourth-order valence-electron chi connectivity index (χ4n) is 2.14. The number of hydrogen-bond donors (Lipinski definition) is 0. The fraction of sp³-hybridized carbons (Fsp3) is 0.125. The molecule has 0 saturated carbocycles. The molecular weight excluding hydrogens is 394 g/mol. The summed E-state index contributed by atoms with van der Waals surface area (Å²) >= 11 is 4.73. The molecule has 1 heterocycles. The van der Waals surface area contributed by atoms with Gasteiger partial charge in [-0.15, -0.1) is 10.2 Å². The second kappa shape index (κ2) is 7.14. The van der Waals surface area contributed by atoms with E-state index in [0.29, 0.717) is 22.4 Å². The van der Waals surface area contributed by atoms with Crippen LogP contribution in [0.4, 0.5) is 5.69 Å². The fourth-order valence-corrected chi connectivity index (χ4v) is 3.23. The van der Waals surface area contributed by atoms with Crippen molar-refractivity contribution in [3.63, 3.8) is 0 Å². The Kier molecular flexibility index (Phi) is 4.96. The average molecular weight is 406 g/mol.